The molecule has 54 valence electrons. The van der Waals surface area contributed by atoms with Crippen molar-refractivity contribution in [1.29, 1.82) is 0 Å². The van der Waals surface area contributed by atoms with E-state index in [0.29, 0.717) is 18.6 Å². The van der Waals surface area contributed by atoms with E-state index in [1.54, 1.807) is 0 Å². The van der Waals surface area contributed by atoms with E-state index in [0.717, 1.165) is 6.42 Å². The minimum atomic E-state index is -0.743. The van der Waals surface area contributed by atoms with Gasteiger partial charge < -0.3 is 9.90 Å². The molecule has 0 aromatic carbocycles. The lowest BCUT2D eigenvalue weighted by atomic mass is 10.1. The van der Waals surface area contributed by atoms with Crippen LogP contribution in [0.3, 0.4) is 0 Å². The minimum Gasteiger partial charge on any atom is -0.386 e. The highest BCUT2D eigenvalue weighted by Gasteiger charge is 2.01. The second-order valence-electron chi connectivity index (χ2n) is 2.67. The number of rotatable bonds is 4. The third-order valence-corrected chi connectivity index (χ3v) is 1.20. The topological polar surface area (TPSA) is 37.3 Å². The Morgan fingerprint density at radius 3 is 2.33 bits per heavy atom. The monoisotopic (exact) mass is 130 g/mol. The smallest absolute Gasteiger partial charge is 0.148 e. The quantitative estimate of drug-likeness (QED) is 0.576. The fraction of sp³-hybridized carbons (Fsp3) is 0.857. The van der Waals surface area contributed by atoms with Crippen molar-refractivity contribution in [3.05, 3.63) is 0 Å². The van der Waals surface area contributed by atoms with Crippen LogP contribution >= 0.6 is 0 Å². The number of hydrogen-bond acceptors (Lipinski definition) is 2. The summed E-state index contributed by atoms with van der Waals surface area (Å²) in [7, 11) is 0. The zero-order chi connectivity index (χ0) is 7.28. The summed E-state index contributed by atoms with van der Waals surface area (Å²) in [6.45, 7) is 4.13. The molecule has 0 aliphatic rings. The summed E-state index contributed by atoms with van der Waals surface area (Å²) in [6.07, 6.45) is 1.36. The van der Waals surface area contributed by atoms with Gasteiger partial charge in [0.1, 0.15) is 12.4 Å². The van der Waals surface area contributed by atoms with Crippen LogP contribution in [0.25, 0.3) is 0 Å². The average Bonchev–Trinajstić information content (AvgIpc) is 1.83. The molecular formula is C7H14O2. The van der Waals surface area contributed by atoms with Gasteiger partial charge in [-0.2, -0.15) is 0 Å². The van der Waals surface area contributed by atoms with Gasteiger partial charge in [0, 0.05) is 0 Å². The van der Waals surface area contributed by atoms with Gasteiger partial charge >= 0.3 is 0 Å². The van der Waals surface area contributed by atoms with Crippen LogP contribution in [0.1, 0.15) is 26.7 Å². The third-order valence-electron chi connectivity index (χ3n) is 1.20. The van der Waals surface area contributed by atoms with Crippen molar-refractivity contribution < 1.29 is 9.90 Å². The maximum absolute atomic E-state index is 9.87. The van der Waals surface area contributed by atoms with Crippen molar-refractivity contribution in [1.82, 2.24) is 0 Å². The van der Waals surface area contributed by atoms with Gasteiger partial charge in [-0.15, -0.1) is 0 Å². The van der Waals surface area contributed by atoms with E-state index in [-0.39, 0.29) is 0 Å². The van der Waals surface area contributed by atoms with Gasteiger partial charge in [0.2, 0.25) is 0 Å². The lowest BCUT2D eigenvalue weighted by Crippen LogP contribution is -2.08. The van der Waals surface area contributed by atoms with Crippen LogP contribution in [0.2, 0.25) is 0 Å². The molecule has 0 aromatic rings. The molecule has 0 saturated carbocycles. The summed E-state index contributed by atoms with van der Waals surface area (Å²) in [5.74, 6) is 0.569. The van der Waals surface area contributed by atoms with E-state index in [2.05, 4.69) is 13.8 Å². The SMILES string of the molecule is CC(C)CCC(O)C=O. The van der Waals surface area contributed by atoms with Crippen molar-refractivity contribution in [2.24, 2.45) is 5.92 Å². The molecule has 2 nitrogen and oxygen atoms in total. The Kier molecular flexibility index (Phi) is 4.32. The number of hydrogen-bond donors (Lipinski definition) is 1. The van der Waals surface area contributed by atoms with Crippen LogP contribution in [0.4, 0.5) is 0 Å². The predicted molar refractivity (Wildman–Crippen MR) is 36.1 cm³/mol. The van der Waals surface area contributed by atoms with Crippen molar-refractivity contribution in [2.45, 2.75) is 32.8 Å². The summed E-state index contributed by atoms with van der Waals surface area (Å²) < 4.78 is 0. The van der Waals surface area contributed by atoms with Gasteiger partial charge in [-0.25, -0.2) is 0 Å². The van der Waals surface area contributed by atoms with Gasteiger partial charge in [-0.05, 0) is 18.8 Å². The largest absolute Gasteiger partial charge is 0.386 e. The highest BCUT2D eigenvalue weighted by Crippen LogP contribution is 2.04. The van der Waals surface area contributed by atoms with Crippen LogP contribution in [0.5, 0.6) is 0 Å². The lowest BCUT2D eigenvalue weighted by molar-refractivity contribution is -0.115. The van der Waals surface area contributed by atoms with Gasteiger partial charge in [0.25, 0.3) is 0 Å². The first-order valence-electron chi connectivity index (χ1n) is 3.30. The van der Waals surface area contributed by atoms with Crippen LogP contribution in [0, 0.1) is 5.92 Å². The van der Waals surface area contributed by atoms with Crippen LogP contribution < -0.4 is 0 Å². The molecule has 0 aliphatic carbocycles. The second-order valence-corrected chi connectivity index (χ2v) is 2.67. The predicted octanol–water partition coefficient (Wildman–Crippen LogP) is 0.982. The first kappa shape index (κ1) is 8.63. The van der Waals surface area contributed by atoms with Crippen LogP contribution in [-0.2, 0) is 4.79 Å². The summed E-state index contributed by atoms with van der Waals surface area (Å²) in [5.41, 5.74) is 0. The summed E-state index contributed by atoms with van der Waals surface area (Å²) >= 11 is 0. The fourth-order valence-electron chi connectivity index (χ4n) is 0.572. The summed E-state index contributed by atoms with van der Waals surface area (Å²) in [6, 6.07) is 0. The molecule has 9 heavy (non-hydrogen) atoms. The highest BCUT2D eigenvalue weighted by molar-refractivity contribution is 5.55. The van der Waals surface area contributed by atoms with Gasteiger partial charge in [0.05, 0.1) is 0 Å². The van der Waals surface area contributed by atoms with E-state index < -0.39 is 6.10 Å². The maximum Gasteiger partial charge on any atom is 0.148 e. The molecule has 1 atom stereocenters. The van der Waals surface area contributed by atoms with Gasteiger partial charge in [-0.1, -0.05) is 13.8 Å². The molecular weight excluding hydrogens is 116 g/mol. The molecule has 0 radical (unpaired) electrons. The maximum atomic E-state index is 9.87. The number of aldehydes is 1. The minimum absolute atomic E-state index is 0.569. The zero-order valence-electron chi connectivity index (χ0n) is 6.00. The van der Waals surface area contributed by atoms with E-state index in [4.69, 9.17) is 5.11 Å². The highest BCUT2D eigenvalue weighted by atomic mass is 16.3. The van der Waals surface area contributed by atoms with Crippen molar-refractivity contribution >= 4 is 6.29 Å². The molecule has 0 amide bonds. The van der Waals surface area contributed by atoms with E-state index in [9.17, 15) is 4.79 Å². The van der Waals surface area contributed by atoms with Gasteiger partial charge in [-0.3, -0.25) is 0 Å². The van der Waals surface area contributed by atoms with E-state index in [1.807, 2.05) is 0 Å². The normalized spacial score (nSPS) is 13.8. The van der Waals surface area contributed by atoms with Crippen LogP contribution in [-0.4, -0.2) is 17.5 Å². The van der Waals surface area contributed by atoms with E-state index >= 15 is 0 Å². The Morgan fingerprint density at radius 1 is 1.44 bits per heavy atom. The fourth-order valence-corrected chi connectivity index (χ4v) is 0.572. The first-order valence-corrected chi connectivity index (χ1v) is 3.30. The molecule has 0 bridgehead atoms. The Hall–Kier alpha value is -0.370. The Morgan fingerprint density at radius 2 is 2.00 bits per heavy atom. The number of aliphatic hydroxyl groups is 1. The summed E-state index contributed by atoms with van der Waals surface area (Å²) in [5, 5.41) is 8.74. The Balaban J connectivity index is 3.16. The molecule has 1 N–H and O–H groups in total. The van der Waals surface area contributed by atoms with Crippen molar-refractivity contribution in [2.75, 3.05) is 0 Å². The van der Waals surface area contributed by atoms with Crippen LogP contribution in [0.15, 0.2) is 0 Å². The molecule has 0 heterocycles. The molecule has 0 rings (SSSR count). The molecule has 0 saturated heterocycles. The van der Waals surface area contributed by atoms with E-state index in [1.165, 1.54) is 0 Å². The molecule has 1 unspecified atom stereocenters. The Bertz CT molecular complexity index is 79.0. The number of carbonyl (C=O) groups excluding carboxylic acids is 1. The summed E-state index contributed by atoms with van der Waals surface area (Å²) in [4.78, 5) is 9.87. The second kappa shape index (κ2) is 4.50. The van der Waals surface area contributed by atoms with Crippen molar-refractivity contribution in [3.8, 4) is 0 Å². The molecule has 0 aromatic heterocycles. The van der Waals surface area contributed by atoms with Gasteiger partial charge in [0.15, 0.2) is 0 Å². The molecule has 0 aliphatic heterocycles. The first-order chi connectivity index (χ1) is 4.16. The Labute approximate surface area is 55.9 Å². The average molecular weight is 130 g/mol. The zero-order valence-corrected chi connectivity index (χ0v) is 6.00. The standard InChI is InChI=1S/C7H14O2/c1-6(2)3-4-7(9)5-8/h5-7,9H,3-4H2,1-2H3. The lowest BCUT2D eigenvalue weighted by Gasteiger charge is -2.04. The van der Waals surface area contributed by atoms with Crippen molar-refractivity contribution in [3.63, 3.8) is 0 Å². The number of carbonyl (C=O) groups is 1. The third kappa shape index (κ3) is 5.50. The molecule has 0 fully saturated rings. The molecule has 2 heteroatoms. The molecule has 0 spiro atoms. The number of aliphatic hydroxyl groups excluding tert-OH is 1.